The molecule has 2 rings (SSSR count). The van der Waals surface area contributed by atoms with Crippen molar-refractivity contribution in [2.45, 2.75) is 83.3 Å². The fraction of sp³-hybridized carbons (Fsp3) is 0.667. The first-order chi connectivity index (χ1) is 14.1. The van der Waals surface area contributed by atoms with Crippen molar-refractivity contribution < 1.29 is 24.2 Å². The highest BCUT2D eigenvalue weighted by atomic mass is 28.3. The number of carbonyl (C=O) groups excluding carboxylic acids is 2. The lowest BCUT2D eigenvalue weighted by atomic mass is 9.70. The second-order valence-corrected chi connectivity index (χ2v) is 15.4. The number of benzene rings is 1. The molecular weight excluding hydrogens is 396 g/mol. The van der Waals surface area contributed by atoms with E-state index in [9.17, 15) is 14.7 Å². The van der Waals surface area contributed by atoms with Gasteiger partial charge >= 0.3 is 11.9 Å². The molecule has 6 heteroatoms. The highest BCUT2D eigenvalue weighted by Crippen LogP contribution is 2.40. The molecule has 0 amide bonds. The Balaban J connectivity index is 1.99. The Morgan fingerprint density at radius 2 is 1.90 bits per heavy atom. The summed E-state index contributed by atoms with van der Waals surface area (Å²) in [6, 6.07) is 10.5. The van der Waals surface area contributed by atoms with Crippen molar-refractivity contribution in [1.82, 2.24) is 0 Å². The van der Waals surface area contributed by atoms with E-state index < -0.39 is 19.6 Å². The number of aliphatic hydroxyl groups is 1. The monoisotopic (exact) mass is 434 g/mol. The molecule has 0 aromatic heterocycles. The van der Waals surface area contributed by atoms with E-state index in [2.05, 4.69) is 19.6 Å². The topological polar surface area (TPSA) is 72.8 Å². The normalized spacial score (nSPS) is 22.9. The van der Waals surface area contributed by atoms with Gasteiger partial charge in [0.05, 0.1) is 24.0 Å². The average molecular weight is 435 g/mol. The molecule has 168 valence electrons. The van der Waals surface area contributed by atoms with Gasteiger partial charge in [-0.05, 0) is 43.7 Å². The van der Waals surface area contributed by atoms with E-state index in [1.807, 2.05) is 37.3 Å². The highest BCUT2D eigenvalue weighted by molar-refractivity contribution is 6.76. The summed E-state index contributed by atoms with van der Waals surface area (Å²) < 4.78 is 11.1. The van der Waals surface area contributed by atoms with Crippen molar-refractivity contribution in [3.8, 4) is 0 Å². The van der Waals surface area contributed by atoms with Crippen LogP contribution in [0.2, 0.25) is 25.7 Å². The van der Waals surface area contributed by atoms with E-state index in [4.69, 9.17) is 9.47 Å². The van der Waals surface area contributed by atoms with Gasteiger partial charge in [-0.3, -0.25) is 9.59 Å². The molecule has 1 fully saturated rings. The molecule has 0 heterocycles. The molecule has 0 saturated heterocycles. The number of hydrogen-bond acceptors (Lipinski definition) is 5. The van der Waals surface area contributed by atoms with E-state index in [0.29, 0.717) is 32.3 Å². The zero-order valence-electron chi connectivity index (χ0n) is 19.0. The fourth-order valence-electron chi connectivity index (χ4n) is 4.10. The number of ether oxygens (including phenoxy) is 2. The molecule has 1 aliphatic rings. The molecule has 0 aliphatic heterocycles. The molecule has 3 atom stereocenters. The molecule has 1 N–H and O–H groups in total. The summed E-state index contributed by atoms with van der Waals surface area (Å²) in [6.45, 7) is 9.37. The number of rotatable bonds is 10. The highest BCUT2D eigenvalue weighted by Gasteiger charge is 2.47. The van der Waals surface area contributed by atoms with Gasteiger partial charge in [-0.25, -0.2) is 0 Å². The minimum atomic E-state index is -1.27. The summed E-state index contributed by atoms with van der Waals surface area (Å²) in [6.07, 6.45) is 3.49. The second-order valence-electron chi connectivity index (χ2n) is 9.81. The fourth-order valence-corrected chi connectivity index (χ4v) is 4.82. The molecule has 1 saturated carbocycles. The van der Waals surface area contributed by atoms with Gasteiger partial charge in [0.25, 0.3) is 0 Å². The van der Waals surface area contributed by atoms with Gasteiger partial charge in [-0.2, -0.15) is 0 Å². The molecule has 5 nitrogen and oxygen atoms in total. The van der Waals surface area contributed by atoms with Crippen molar-refractivity contribution in [3.63, 3.8) is 0 Å². The minimum absolute atomic E-state index is 0.193. The number of carbonyl (C=O) groups is 2. The van der Waals surface area contributed by atoms with Crippen LogP contribution in [0.5, 0.6) is 0 Å². The Morgan fingerprint density at radius 1 is 1.20 bits per heavy atom. The van der Waals surface area contributed by atoms with E-state index in [-0.39, 0.29) is 30.9 Å². The molecule has 1 unspecified atom stereocenters. The first-order valence-corrected chi connectivity index (χ1v) is 14.9. The maximum absolute atomic E-state index is 12.9. The first kappa shape index (κ1) is 24.6. The summed E-state index contributed by atoms with van der Waals surface area (Å²) in [7, 11) is -1.27. The summed E-state index contributed by atoms with van der Waals surface area (Å²) in [5, 5.41) is 11.4. The molecule has 30 heavy (non-hydrogen) atoms. The van der Waals surface area contributed by atoms with Gasteiger partial charge in [0.1, 0.15) is 6.61 Å². The lowest BCUT2D eigenvalue weighted by molar-refractivity contribution is -0.170. The summed E-state index contributed by atoms with van der Waals surface area (Å²) in [5.41, 5.74) is -0.301. The van der Waals surface area contributed by atoms with Crippen molar-refractivity contribution in [3.05, 3.63) is 35.9 Å². The maximum atomic E-state index is 12.9. The van der Waals surface area contributed by atoms with Gasteiger partial charge in [0.15, 0.2) is 0 Å². The third-order valence-corrected chi connectivity index (χ3v) is 7.63. The van der Waals surface area contributed by atoms with Gasteiger partial charge in [0.2, 0.25) is 0 Å². The maximum Gasteiger partial charge on any atom is 0.312 e. The van der Waals surface area contributed by atoms with Crippen LogP contribution in [0.15, 0.2) is 30.3 Å². The van der Waals surface area contributed by atoms with E-state index in [1.165, 1.54) is 0 Å². The second kappa shape index (κ2) is 11.1. The van der Waals surface area contributed by atoms with E-state index in [0.717, 1.165) is 18.0 Å². The Hall–Kier alpha value is -1.66. The van der Waals surface area contributed by atoms with Crippen LogP contribution < -0.4 is 0 Å². The molecule has 0 spiro atoms. The molecule has 1 aliphatic carbocycles. The number of hydrogen-bond donors (Lipinski definition) is 1. The summed E-state index contributed by atoms with van der Waals surface area (Å²) >= 11 is 0. The van der Waals surface area contributed by atoms with Crippen LogP contribution in [-0.4, -0.2) is 37.3 Å². The van der Waals surface area contributed by atoms with Crippen molar-refractivity contribution in [1.29, 1.82) is 0 Å². The van der Waals surface area contributed by atoms with Crippen LogP contribution in [0.1, 0.15) is 51.0 Å². The standard InChI is InChI=1S/C24H38O5Si/c1-5-10-21(23(26)29-18-19-11-7-6-8-12-19)24(27)14-9-13-20(17-24)22(25)28-15-16-30(2,3)4/h6-8,11-12,20-21,27H,5,9-10,13-18H2,1-4H3/t20-,21?,24-/m1/s1. The van der Waals surface area contributed by atoms with Crippen LogP contribution in [0, 0.1) is 11.8 Å². The van der Waals surface area contributed by atoms with E-state index in [1.54, 1.807) is 0 Å². The Bertz CT molecular complexity index is 685. The molecule has 1 aromatic rings. The summed E-state index contributed by atoms with van der Waals surface area (Å²) in [4.78, 5) is 25.5. The molecule has 1 aromatic carbocycles. The SMILES string of the molecule is CCCC(C(=O)OCc1ccccc1)[C@@]1(O)CCC[C@@H](C(=O)OCC[Si](C)(C)C)C1. The van der Waals surface area contributed by atoms with E-state index >= 15 is 0 Å². The van der Waals surface area contributed by atoms with Crippen molar-refractivity contribution in [2.24, 2.45) is 11.8 Å². The Morgan fingerprint density at radius 3 is 2.53 bits per heavy atom. The van der Waals surface area contributed by atoms with Gasteiger partial charge in [0, 0.05) is 8.07 Å². The number of esters is 2. The largest absolute Gasteiger partial charge is 0.466 e. The lowest BCUT2D eigenvalue weighted by Gasteiger charge is -2.40. The zero-order chi connectivity index (χ0) is 22.2. The van der Waals surface area contributed by atoms with Crippen LogP contribution >= 0.6 is 0 Å². The summed E-state index contributed by atoms with van der Waals surface area (Å²) in [5.74, 6) is -1.59. The molecule has 0 bridgehead atoms. The minimum Gasteiger partial charge on any atom is -0.466 e. The Kier molecular flexibility index (Phi) is 9.10. The predicted molar refractivity (Wildman–Crippen MR) is 121 cm³/mol. The van der Waals surface area contributed by atoms with Crippen LogP contribution in [-0.2, 0) is 25.7 Å². The molecular formula is C24H38O5Si. The van der Waals surface area contributed by atoms with Gasteiger partial charge < -0.3 is 14.6 Å². The predicted octanol–water partition coefficient (Wildman–Crippen LogP) is 4.95. The first-order valence-electron chi connectivity index (χ1n) is 11.2. The van der Waals surface area contributed by atoms with Crippen molar-refractivity contribution in [2.75, 3.05) is 6.61 Å². The third kappa shape index (κ3) is 7.55. The molecule has 0 radical (unpaired) electrons. The van der Waals surface area contributed by atoms with Gasteiger partial charge in [-0.1, -0.05) is 63.3 Å². The van der Waals surface area contributed by atoms with Crippen molar-refractivity contribution >= 4 is 20.0 Å². The Labute approximate surface area is 182 Å². The average Bonchev–Trinajstić information content (AvgIpc) is 2.70. The van der Waals surface area contributed by atoms with Crippen LogP contribution in [0.4, 0.5) is 0 Å². The van der Waals surface area contributed by atoms with Gasteiger partial charge in [-0.15, -0.1) is 0 Å². The lowest BCUT2D eigenvalue weighted by Crippen LogP contribution is -2.48. The van der Waals surface area contributed by atoms with Crippen LogP contribution in [0.3, 0.4) is 0 Å². The third-order valence-electron chi connectivity index (χ3n) is 5.93. The smallest absolute Gasteiger partial charge is 0.312 e. The quantitative estimate of drug-likeness (QED) is 0.417. The van der Waals surface area contributed by atoms with Crippen LogP contribution in [0.25, 0.3) is 0 Å². The zero-order valence-corrected chi connectivity index (χ0v) is 20.0.